The van der Waals surface area contributed by atoms with E-state index in [1.165, 1.54) is 0 Å². The van der Waals surface area contributed by atoms with Crippen molar-refractivity contribution in [1.29, 1.82) is 0 Å². The van der Waals surface area contributed by atoms with E-state index in [-0.39, 0.29) is 11.9 Å². The van der Waals surface area contributed by atoms with Gasteiger partial charge in [-0.3, -0.25) is 4.79 Å². The molecule has 0 saturated heterocycles. The Morgan fingerprint density at radius 3 is 3.23 bits per heavy atom. The lowest BCUT2D eigenvalue weighted by atomic mass is 10.2. The van der Waals surface area contributed by atoms with Crippen molar-refractivity contribution in [2.45, 2.75) is 12.6 Å². The first kappa shape index (κ1) is 8.74. The average Bonchev–Trinajstić information content (AvgIpc) is 2.46. The second-order valence-corrected chi connectivity index (χ2v) is 3.94. The molecule has 0 saturated carbocycles. The first-order valence-corrected chi connectivity index (χ1v) is 4.72. The molecule has 2 rings (SSSR count). The molecule has 3 nitrogen and oxygen atoms in total. The topological polar surface area (TPSA) is 34.0 Å². The Kier molecular flexibility index (Phi) is 2.11. The number of nitrogens with zero attached hydrogens (tertiary/aromatic N) is 1. The van der Waals surface area contributed by atoms with Gasteiger partial charge in [0.2, 0.25) is 0 Å². The van der Waals surface area contributed by atoms with Gasteiger partial charge in [-0.15, -0.1) is 0 Å². The van der Waals surface area contributed by atoms with Gasteiger partial charge in [0, 0.05) is 17.2 Å². The van der Waals surface area contributed by atoms with Crippen LogP contribution >= 0.6 is 15.9 Å². The van der Waals surface area contributed by atoms with E-state index in [9.17, 15) is 9.18 Å². The monoisotopic (exact) mass is 246 g/mol. The van der Waals surface area contributed by atoms with Crippen LogP contribution in [0.3, 0.4) is 0 Å². The Labute approximate surface area is 83.0 Å². The number of alkyl halides is 1. The van der Waals surface area contributed by atoms with Crippen molar-refractivity contribution in [3.63, 3.8) is 0 Å². The van der Waals surface area contributed by atoms with Crippen molar-refractivity contribution >= 4 is 21.8 Å². The van der Waals surface area contributed by atoms with Crippen LogP contribution in [0.1, 0.15) is 10.5 Å². The van der Waals surface area contributed by atoms with Crippen molar-refractivity contribution in [2.75, 3.05) is 6.67 Å². The molecule has 1 aromatic rings. The van der Waals surface area contributed by atoms with Crippen molar-refractivity contribution in [3.8, 4) is 0 Å². The van der Waals surface area contributed by atoms with E-state index in [1.807, 2.05) is 0 Å². The van der Waals surface area contributed by atoms with E-state index in [0.717, 1.165) is 4.47 Å². The van der Waals surface area contributed by atoms with Gasteiger partial charge >= 0.3 is 0 Å². The average molecular weight is 247 g/mol. The second kappa shape index (κ2) is 3.14. The van der Waals surface area contributed by atoms with Gasteiger partial charge in [-0.2, -0.15) is 0 Å². The second-order valence-electron chi connectivity index (χ2n) is 3.02. The molecule has 0 aliphatic carbocycles. The summed E-state index contributed by atoms with van der Waals surface area (Å²) in [6.07, 6.45) is 1.79. The lowest BCUT2D eigenvalue weighted by Crippen LogP contribution is -2.45. The zero-order valence-electron chi connectivity index (χ0n) is 6.76. The van der Waals surface area contributed by atoms with Crippen LogP contribution in [0.15, 0.2) is 16.7 Å². The van der Waals surface area contributed by atoms with Crippen molar-refractivity contribution in [1.82, 2.24) is 9.88 Å². The quantitative estimate of drug-likeness (QED) is 0.798. The summed E-state index contributed by atoms with van der Waals surface area (Å²) in [7, 11) is 0. The SMILES string of the molecule is O=C1NC(CF)Cn2cc(Br)cc21. The number of halogens is 2. The van der Waals surface area contributed by atoms with Gasteiger partial charge in [0.05, 0.1) is 6.04 Å². The maximum Gasteiger partial charge on any atom is 0.268 e. The van der Waals surface area contributed by atoms with Crippen LogP contribution < -0.4 is 5.32 Å². The van der Waals surface area contributed by atoms with Gasteiger partial charge in [-0.05, 0) is 22.0 Å². The van der Waals surface area contributed by atoms with E-state index in [4.69, 9.17) is 0 Å². The third-order valence-corrected chi connectivity index (χ3v) is 2.47. The van der Waals surface area contributed by atoms with Gasteiger partial charge in [0.1, 0.15) is 12.4 Å². The summed E-state index contributed by atoms with van der Waals surface area (Å²) >= 11 is 3.27. The summed E-state index contributed by atoms with van der Waals surface area (Å²) in [5, 5.41) is 2.58. The predicted octanol–water partition coefficient (Wildman–Crippen LogP) is 1.33. The molecular weight excluding hydrogens is 239 g/mol. The fraction of sp³-hybridized carbons (Fsp3) is 0.375. The van der Waals surface area contributed by atoms with Crippen molar-refractivity contribution in [3.05, 3.63) is 22.4 Å². The van der Waals surface area contributed by atoms with Gasteiger partial charge in [0.15, 0.2) is 0 Å². The molecule has 1 amide bonds. The maximum absolute atomic E-state index is 12.3. The van der Waals surface area contributed by atoms with Crippen LogP contribution in [0.4, 0.5) is 4.39 Å². The molecular formula is C8H8BrFN2O. The molecule has 1 N–H and O–H groups in total. The van der Waals surface area contributed by atoms with E-state index in [0.29, 0.717) is 12.2 Å². The smallest absolute Gasteiger partial charge is 0.268 e. The molecule has 1 aliphatic rings. The van der Waals surface area contributed by atoms with Gasteiger partial charge in [-0.25, -0.2) is 4.39 Å². The molecule has 0 radical (unpaired) electrons. The zero-order valence-corrected chi connectivity index (χ0v) is 8.34. The Morgan fingerprint density at radius 2 is 2.54 bits per heavy atom. The lowest BCUT2D eigenvalue weighted by Gasteiger charge is -2.23. The molecule has 0 fully saturated rings. The maximum atomic E-state index is 12.3. The summed E-state index contributed by atoms with van der Waals surface area (Å²) in [6.45, 7) is -0.0237. The fourth-order valence-corrected chi connectivity index (χ4v) is 1.91. The molecule has 0 spiro atoms. The molecule has 5 heteroatoms. The number of carbonyl (C=O) groups is 1. The fourth-order valence-electron chi connectivity index (χ4n) is 1.45. The molecule has 1 aliphatic heterocycles. The number of carbonyl (C=O) groups excluding carboxylic acids is 1. The summed E-state index contributed by atoms with van der Waals surface area (Å²) in [4.78, 5) is 11.3. The Balaban J connectivity index is 2.36. The first-order chi connectivity index (χ1) is 6.20. The third kappa shape index (κ3) is 1.48. The summed E-state index contributed by atoms with van der Waals surface area (Å²) in [6, 6.07) is 1.34. The Morgan fingerprint density at radius 1 is 1.77 bits per heavy atom. The minimum absolute atomic E-state index is 0.209. The molecule has 1 atom stereocenters. The van der Waals surface area contributed by atoms with E-state index in [2.05, 4.69) is 21.2 Å². The van der Waals surface area contributed by atoms with Crippen LogP contribution in [0, 0.1) is 0 Å². The van der Waals surface area contributed by atoms with Gasteiger partial charge in [-0.1, -0.05) is 0 Å². The molecule has 2 heterocycles. The normalized spacial score (nSPS) is 21.1. The molecule has 70 valence electrons. The highest BCUT2D eigenvalue weighted by molar-refractivity contribution is 9.10. The van der Waals surface area contributed by atoms with Crippen molar-refractivity contribution < 1.29 is 9.18 Å². The number of fused-ring (bicyclic) bond motifs is 1. The highest BCUT2D eigenvalue weighted by atomic mass is 79.9. The highest BCUT2D eigenvalue weighted by Crippen LogP contribution is 2.18. The molecule has 1 unspecified atom stereocenters. The number of hydrogen-bond donors (Lipinski definition) is 1. The van der Waals surface area contributed by atoms with E-state index >= 15 is 0 Å². The largest absolute Gasteiger partial charge is 0.344 e. The summed E-state index contributed by atoms with van der Waals surface area (Å²) in [5.74, 6) is -0.209. The minimum Gasteiger partial charge on any atom is -0.344 e. The first-order valence-electron chi connectivity index (χ1n) is 3.93. The van der Waals surface area contributed by atoms with Gasteiger partial charge < -0.3 is 9.88 Å². The zero-order chi connectivity index (χ0) is 9.42. The van der Waals surface area contributed by atoms with Crippen LogP contribution in [0.2, 0.25) is 0 Å². The van der Waals surface area contributed by atoms with Crippen molar-refractivity contribution in [2.24, 2.45) is 0 Å². The Bertz CT molecular complexity index is 350. The van der Waals surface area contributed by atoms with Crippen LogP contribution in [0.25, 0.3) is 0 Å². The molecule has 0 bridgehead atoms. The summed E-state index contributed by atoms with van der Waals surface area (Å²) < 4.78 is 14.9. The molecule has 1 aromatic heterocycles. The van der Waals surface area contributed by atoms with E-state index in [1.54, 1.807) is 16.8 Å². The molecule has 13 heavy (non-hydrogen) atoms. The third-order valence-electron chi connectivity index (χ3n) is 2.03. The number of amides is 1. The highest BCUT2D eigenvalue weighted by Gasteiger charge is 2.24. The van der Waals surface area contributed by atoms with E-state index < -0.39 is 6.67 Å². The number of hydrogen-bond acceptors (Lipinski definition) is 1. The van der Waals surface area contributed by atoms with Crippen LogP contribution in [-0.2, 0) is 6.54 Å². The minimum atomic E-state index is -0.527. The lowest BCUT2D eigenvalue weighted by molar-refractivity contribution is 0.0890. The van der Waals surface area contributed by atoms with Crippen LogP contribution in [0.5, 0.6) is 0 Å². The van der Waals surface area contributed by atoms with Crippen LogP contribution in [-0.4, -0.2) is 23.2 Å². The Hall–Kier alpha value is -0.840. The molecule has 0 aromatic carbocycles. The number of aromatic nitrogens is 1. The van der Waals surface area contributed by atoms with Gasteiger partial charge in [0.25, 0.3) is 5.91 Å². The standard InChI is InChI=1S/C8H8BrFN2O/c9-5-1-7-8(13)11-6(2-10)4-12(7)3-5/h1,3,6H,2,4H2,(H,11,13). The summed E-state index contributed by atoms with van der Waals surface area (Å²) in [5.41, 5.74) is 0.580. The number of nitrogens with one attached hydrogen (secondary N) is 1. The number of rotatable bonds is 1. The predicted molar refractivity (Wildman–Crippen MR) is 49.4 cm³/mol.